The summed E-state index contributed by atoms with van der Waals surface area (Å²) >= 11 is 0. The van der Waals surface area contributed by atoms with Gasteiger partial charge in [-0.05, 0) is 36.6 Å². The van der Waals surface area contributed by atoms with Crippen molar-refractivity contribution in [1.82, 2.24) is 0 Å². The van der Waals surface area contributed by atoms with E-state index in [-0.39, 0.29) is 5.91 Å². The number of hydrogen-bond acceptors (Lipinski definition) is 2. The molecule has 0 aromatic heterocycles. The van der Waals surface area contributed by atoms with Crippen molar-refractivity contribution in [2.75, 3.05) is 5.32 Å². The average Bonchev–Trinajstić information content (AvgIpc) is 2.12. The number of nitrogens with one attached hydrogen (secondary N) is 1. The van der Waals surface area contributed by atoms with Crippen molar-refractivity contribution < 1.29 is 9.90 Å². The van der Waals surface area contributed by atoms with Gasteiger partial charge < -0.3 is 10.4 Å². The van der Waals surface area contributed by atoms with Crippen LogP contribution >= 0.6 is 0 Å². The van der Waals surface area contributed by atoms with E-state index < -0.39 is 0 Å². The first-order chi connectivity index (χ1) is 6.18. The maximum absolute atomic E-state index is 11.0. The molecular formula is C10H11NO2. The minimum Gasteiger partial charge on any atom is -0.508 e. The molecule has 1 amide bonds. The van der Waals surface area contributed by atoms with Gasteiger partial charge in [-0.25, -0.2) is 0 Å². The molecule has 68 valence electrons. The van der Waals surface area contributed by atoms with Crippen molar-refractivity contribution in [1.29, 1.82) is 0 Å². The lowest BCUT2D eigenvalue weighted by Gasteiger charge is -2.19. The lowest BCUT2D eigenvalue weighted by atomic mass is 9.97. The number of rotatable bonds is 0. The van der Waals surface area contributed by atoms with E-state index in [9.17, 15) is 9.90 Å². The first kappa shape index (κ1) is 8.10. The van der Waals surface area contributed by atoms with Crippen molar-refractivity contribution in [2.24, 2.45) is 0 Å². The van der Waals surface area contributed by atoms with Gasteiger partial charge in [0.15, 0.2) is 0 Å². The van der Waals surface area contributed by atoms with Crippen molar-refractivity contribution in [3.05, 3.63) is 23.3 Å². The third-order valence-electron chi connectivity index (χ3n) is 2.45. The zero-order valence-electron chi connectivity index (χ0n) is 7.42. The Morgan fingerprint density at radius 1 is 1.38 bits per heavy atom. The quantitative estimate of drug-likeness (QED) is 0.591. The lowest BCUT2D eigenvalue weighted by Crippen LogP contribution is -2.19. The topological polar surface area (TPSA) is 49.3 Å². The summed E-state index contributed by atoms with van der Waals surface area (Å²) < 4.78 is 0. The second-order valence-electron chi connectivity index (χ2n) is 3.28. The van der Waals surface area contributed by atoms with Gasteiger partial charge in [-0.15, -0.1) is 0 Å². The third-order valence-corrected chi connectivity index (χ3v) is 2.45. The highest BCUT2D eigenvalue weighted by Gasteiger charge is 2.17. The van der Waals surface area contributed by atoms with E-state index in [0.29, 0.717) is 12.2 Å². The predicted octanol–water partition coefficient (Wildman–Crippen LogP) is 1.59. The van der Waals surface area contributed by atoms with Gasteiger partial charge in [0.1, 0.15) is 5.75 Å². The van der Waals surface area contributed by atoms with E-state index in [4.69, 9.17) is 0 Å². The van der Waals surface area contributed by atoms with Gasteiger partial charge in [-0.3, -0.25) is 4.79 Å². The molecule has 0 atom stereocenters. The van der Waals surface area contributed by atoms with E-state index in [1.165, 1.54) is 0 Å². The van der Waals surface area contributed by atoms with Crippen LogP contribution in [0.2, 0.25) is 0 Å². The van der Waals surface area contributed by atoms with Crippen molar-refractivity contribution in [3.63, 3.8) is 0 Å². The van der Waals surface area contributed by atoms with E-state index in [1.54, 1.807) is 12.1 Å². The summed E-state index contributed by atoms with van der Waals surface area (Å²) in [6.07, 6.45) is 1.23. The Labute approximate surface area is 76.4 Å². The molecule has 1 heterocycles. The summed E-state index contributed by atoms with van der Waals surface area (Å²) in [5.41, 5.74) is 2.77. The summed E-state index contributed by atoms with van der Waals surface area (Å²) in [6.45, 7) is 1.87. The molecule has 0 spiro atoms. The van der Waals surface area contributed by atoms with Crippen LogP contribution in [0.4, 0.5) is 5.69 Å². The Morgan fingerprint density at radius 2 is 2.15 bits per heavy atom. The van der Waals surface area contributed by atoms with Gasteiger partial charge in [0, 0.05) is 12.1 Å². The molecule has 0 fully saturated rings. The molecule has 2 rings (SSSR count). The molecule has 0 bridgehead atoms. The van der Waals surface area contributed by atoms with Crippen LogP contribution in [0.1, 0.15) is 17.5 Å². The molecule has 2 N–H and O–H groups in total. The maximum Gasteiger partial charge on any atom is 0.224 e. The number of aromatic hydroxyl groups is 1. The second kappa shape index (κ2) is 2.76. The highest BCUT2D eigenvalue weighted by Crippen LogP contribution is 2.30. The van der Waals surface area contributed by atoms with Crippen LogP contribution in [0.25, 0.3) is 0 Å². The number of fused-ring (bicyclic) bond motifs is 1. The van der Waals surface area contributed by atoms with Crippen LogP contribution < -0.4 is 5.32 Å². The number of hydrogen-bond donors (Lipinski definition) is 2. The Kier molecular flexibility index (Phi) is 1.72. The molecule has 1 aliphatic rings. The minimum atomic E-state index is 0.0533. The summed E-state index contributed by atoms with van der Waals surface area (Å²) in [5, 5.41) is 12.2. The molecule has 0 saturated carbocycles. The summed E-state index contributed by atoms with van der Waals surface area (Å²) in [5.74, 6) is 0.354. The fraction of sp³-hybridized carbons (Fsp3) is 0.300. The SMILES string of the molecule is Cc1c(O)ccc2c1CCC(=O)N2. The fourth-order valence-corrected chi connectivity index (χ4v) is 1.63. The molecule has 0 radical (unpaired) electrons. The largest absolute Gasteiger partial charge is 0.508 e. The normalized spacial score (nSPS) is 15.0. The number of benzene rings is 1. The number of carbonyl (C=O) groups excluding carboxylic acids is 1. The van der Waals surface area contributed by atoms with E-state index in [2.05, 4.69) is 5.32 Å². The lowest BCUT2D eigenvalue weighted by molar-refractivity contribution is -0.116. The fourth-order valence-electron chi connectivity index (χ4n) is 1.63. The molecule has 0 aliphatic carbocycles. The number of phenolic OH excluding ortho intramolecular Hbond substituents is 1. The van der Waals surface area contributed by atoms with Crippen LogP contribution in [0, 0.1) is 6.92 Å². The summed E-state index contributed by atoms with van der Waals surface area (Å²) in [7, 11) is 0. The Morgan fingerprint density at radius 3 is 2.92 bits per heavy atom. The van der Waals surface area contributed by atoms with Gasteiger partial charge in [0.05, 0.1) is 0 Å². The summed E-state index contributed by atoms with van der Waals surface area (Å²) in [6, 6.07) is 3.36. The van der Waals surface area contributed by atoms with Gasteiger partial charge in [0.2, 0.25) is 5.91 Å². The number of amides is 1. The van der Waals surface area contributed by atoms with Crippen LogP contribution in [0.3, 0.4) is 0 Å². The Hall–Kier alpha value is -1.51. The second-order valence-corrected chi connectivity index (χ2v) is 3.28. The Balaban J connectivity index is 2.53. The van der Waals surface area contributed by atoms with Crippen molar-refractivity contribution >= 4 is 11.6 Å². The monoisotopic (exact) mass is 177 g/mol. The van der Waals surface area contributed by atoms with E-state index in [1.807, 2.05) is 6.92 Å². The van der Waals surface area contributed by atoms with Gasteiger partial charge in [0.25, 0.3) is 0 Å². The zero-order chi connectivity index (χ0) is 9.42. The Bertz CT molecular complexity index is 371. The molecule has 0 saturated heterocycles. The maximum atomic E-state index is 11.0. The molecule has 3 nitrogen and oxygen atoms in total. The number of phenols is 1. The highest BCUT2D eigenvalue weighted by molar-refractivity contribution is 5.94. The van der Waals surface area contributed by atoms with Crippen LogP contribution in [0.15, 0.2) is 12.1 Å². The third kappa shape index (κ3) is 1.26. The van der Waals surface area contributed by atoms with Gasteiger partial charge in [-0.2, -0.15) is 0 Å². The first-order valence-electron chi connectivity index (χ1n) is 4.30. The van der Waals surface area contributed by atoms with Gasteiger partial charge in [-0.1, -0.05) is 0 Å². The molecule has 1 aliphatic heterocycles. The molecule has 1 aromatic rings. The molecule has 3 heteroatoms. The molecular weight excluding hydrogens is 166 g/mol. The standard InChI is InChI=1S/C10H11NO2/c1-6-7-2-5-10(13)11-8(7)3-4-9(6)12/h3-4,12H,2,5H2,1H3,(H,11,13). The predicted molar refractivity (Wildman–Crippen MR) is 49.8 cm³/mol. The van der Waals surface area contributed by atoms with Crippen molar-refractivity contribution in [3.8, 4) is 5.75 Å². The van der Waals surface area contributed by atoms with E-state index in [0.717, 1.165) is 23.2 Å². The van der Waals surface area contributed by atoms with Crippen LogP contribution in [0.5, 0.6) is 5.75 Å². The summed E-state index contributed by atoms with van der Waals surface area (Å²) in [4.78, 5) is 11.0. The average molecular weight is 177 g/mol. The minimum absolute atomic E-state index is 0.0533. The highest BCUT2D eigenvalue weighted by atomic mass is 16.3. The van der Waals surface area contributed by atoms with E-state index >= 15 is 0 Å². The van der Waals surface area contributed by atoms with Crippen LogP contribution in [-0.4, -0.2) is 11.0 Å². The molecule has 1 aromatic carbocycles. The molecule has 0 unspecified atom stereocenters. The molecule has 13 heavy (non-hydrogen) atoms. The van der Waals surface area contributed by atoms with Gasteiger partial charge >= 0.3 is 0 Å². The number of carbonyl (C=O) groups is 1. The van der Waals surface area contributed by atoms with Crippen LogP contribution in [-0.2, 0) is 11.2 Å². The zero-order valence-corrected chi connectivity index (χ0v) is 7.42. The van der Waals surface area contributed by atoms with Crippen molar-refractivity contribution in [2.45, 2.75) is 19.8 Å². The smallest absolute Gasteiger partial charge is 0.224 e. The number of anilines is 1. The first-order valence-corrected chi connectivity index (χ1v) is 4.30.